The van der Waals surface area contributed by atoms with E-state index >= 15 is 0 Å². The molecule has 23 heavy (non-hydrogen) atoms. The van der Waals surface area contributed by atoms with Gasteiger partial charge in [-0.15, -0.1) is 0 Å². The number of carbonyl (C=O) groups is 2. The summed E-state index contributed by atoms with van der Waals surface area (Å²) in [6.45, 7) is 9.45. The van der Waals surface area contributed by atoms with Crippen LogP contribution in [0.25, 0.3) is 0 Å². The van der Waals surface area contributed by atoms with Crippen molar-refractivity contribution in [1.82, 2.24) is 5.32 Å². The molecular formula is C18H28N2O3. The second-order valence-corrected chi connectivity index (χ2v) is 7.25. The molecule has 5 heteroatoms. The lowest BCUT2D eigenvalue weighted by Gasteiger charge is -2.25. The Morgan fingerprint density at radius 1 is 1.13 bits per heavy atom. The average molecular weight is 320 g/mol. The maximum atomic E-state index is 12.5. The highest BCUT2D eigenvalue weighted by atomic mass is 16.3. The SMILES string of the molecule is CC(C)CC(NC(=O)C(C)(C)C)C(=O)Nc1ccc(CO)cc1. The van der Waals surface area contributed by atoms with Crippen LogP contribution in [0.3, 0.4) is 0 Å². The molecule has 1 rings (SSSR count). The summed E-state index contributed by atoms with van der Waals surface area (Å²) in [7, 11) is 0. The van der Waals surface area contributed by atoms with Crippen LogP contribution >= 0.6 is 0 Å². The molecule has 128 valence electrons. The molecule has 0 aromatic heterocycles. The van der Waals surface area contributed by atoms with Gasteiger partial charge in [0.2, 0.25) is 11.8 Å². The fraction of sp³-hybridized carbons (Fsp3) is 0.556. The molecule has 1 atom stereocenters. The minimum atomic E-state index is -0.570. The van der Waals surface area contributed by atoms with Crippen molar-refractivity contribution in [1.29, 1.82) is 0 Å². The van der Waals surface area contributed by atoms with E-state index in [0.29, 0.717) is 12.1 Å². The molecule has 0 spiro atoms. The van der Waals surface area contributed by atoms with E-state index in [1.807, 2.05) is 34.6 Å². The zero-order valence-electron chi connectivity index (χ0n) is 14.6. The van der Waals surface area contributed by atoms with Gasteiger partial charge in [0.1, 0.15) is 6.04 Å². The van der Waals surface area contributed by atoms with Crippen molar-refractivity contribution in [2.45, 2.75) is 53.7 Å². The van der Waals surface area contributed by atoms with Gasteiger partial charge in [-0.05, 0) is 30.0 Å². The van der Waals surface area contributed by atoms with E-state index in [2.05, 4.69) is 10.6 Å². The number of hydrogen-bond acceptors (Lipinski definition) is 3. The molecule has 0 bridgehead atoms. The Morgan fingerprint density at radius 3 is 2.13 bits per heavy atom. The lowest BCUT2D eigenvalue weighted by molar-refractivity contribution is -0.132. The van der Waals surface area contributed by atoms with E-state index in [9.17, 15) is 9.59 Å². The van der Waals surface area contributed by atoms with Crippen LogP contribution < -0.4 is 10.6 Å². The van der Waals surface area contributed by atoms with Gasteiger partial charge in [-0.1, -0.05) is 46.8 Å². The van der Waals surface area contributed by atoms with Crippen molar-refractivity contribution in [3.8, 4) is 0 Å². The molecule has 1 aromatic rings. The molecule has 0 radical (unpaired) electrons. The molecule has 0 aliphatic carbocycles. The number of amides is 2. The van der Waals surface area contributed by atoms with Gasteiger partial charge >= 0.3 is 0 Å². The van der Waals surface area contributed by atoms with Gasteiger partial charge in [-0.25, -0.2) is 0 Å². The Morgan fingerprint density at radius 2 is 1.70 bits per heavy atom. The smallest absolute Gasteiger partial charge is 0.246 e. The molecule has 0 heterocycles. The number of hydrogen-bond donors (Lipinski definition) is 3. The van der Waals surface area contributed by atoms with E-state index in [0.717, 1.165) is 5.56 Å². The maximum Gasteiger partial charge on any atom is 0.246 e. The topological polar surface area (TPSA) is 78.4 Å². The molecule has 0 aliphatic heterocycles. The molecule has 1 unspecified atom stereocenters. The van der Waals surface area contributed by atoms with Gasteiger partial charge in [0.25, 0.3) is 0 Å². The second-order valence-electron chi connectivity index (χ2n) is 7.25. The largest absolute Gasteiger partial charge is 0.392 e. The molecule has 0 saturated carbocycles. The summed E-state index contributed by atoms with van der Waals surface area (Å²) in [4.78, 5) is 24.7. The van der Waals surface area contributed by atoms with Crippen molar-refractivity contribution in [2.24, 2.45) is 11.3 Å². The first kappa shape index (κ1) is 19.2. The van der Waals surface area contributed by atoms with Crippen LogP contribution in [0.1, 0.15) is 46.6 Å². The Balaban J connectivity index is 2.80. The van der Waals surface area contributed by atoms with Gasteiger partial charge in [0.15, 0.2) is 0 Å². The summed E-state index contributed by atoms with van der Waals surface area (Å²) in [5.74, 6) is -0.0928. The molecule has 0 aliphatic rings. The summed E-state index contributed by atoms with van der Waals surface area (Å²) in [6.07, 6.45) is 0.572. The van der Waals surface area contributed by atoms with Gasteiger partial charge < -0.3 is 15.7 Å². The summed E-state index contributed by atoms with van der Waals surface area (Å²) in [5, 5.41) is 14.7. The minimum absolute atomic E-state index is 0.0359. The van der Waals surface area contributed by atoms with E-state index in [1.54, 1.807) is 24.3 Å². The molecular weight excluding hydrogens is 292 g/mol. The van der Waals surface area contributed by atoms with E-state index in [-0.39, 0.29) is 24.3 Å². The maximum absolute atomic E-state index is 12.5. The van der Waals surface area contributed by atoms with Crippen LogP contribution in [-0.4, -0.2) is 23.0 Å². The standard InChI is InChI=1S/C18H28N2O3/c1-12(2)10-15(20-17(23)18(3,4)5)16(22)19-14-8-6-13(11-21)7-9-14/h6-9,12,15,21H,10-11H2,1-5H3,(H,19,22)(H,20,23). The van der Waals surface area contributed by atoms with Gasteiger partial charge in [-0.3, -0.25) is 9.59 Å². The molecule has 1 aromatic carbocycles. The first-order chi connectivity index (χ1) is 10.6. The predicted molar refractivity (Wildman–Crippen MR) is 91.8 cm³/mol. The number of anilines is 1. The molecule has 5 nitrogen and oxygen atoms in total. The zero-order chi connectivity index (χ0) is 17.6. The summed E-state index contributed by atoms with van der Waals surface area (Å²) in [6, 6.07) is 6.41. The fourth-order valence-electron chi connectivity index (χ4n) is 2.00. The molecule has 2 amide bonds. The summed E-state index contributed by atoms with van der Waals surface area (Å²) >= 11 is 0. The number of carbonyl (C=O) groups excluding carboxylic acids is 2. The number of aliphatic hydroxyl groups is 1. The molecule has 0 saturated heterocycles. The van der Waals surface area contributed by atoms with Crippen LogP contribution in [0.15, 0.2) is 24.3 Å². The quantitative estimate of drug-likeness (QED) is 0.754. The Kier molecular flexibility index (Phi) is 6.76. The lowest BCUT2D eigenvalue weighted by Crippen LogP contribution is -2.48. The third-order valence-corrected chi connectivity index (χ3v) is 3.41. The van der Waals surface area contributed by atoms with Crippen molar-refractivity contribution in [3.05, 3.63) is 29.8 Å². The van der Waals surface area contributed by atoms with Crippen LogP contribution in [0.5, 0.6) is 0 Å². The Hall–Kier alpha value is -1.88. The van der Waals surface area contributed by atoms with E-state index in [1.165, 1.54) is 0 Å². The molecule has 0 fully saturated rings. The highest BCUT2D eigenvalue weighted by molar-refractivity contribution is 5.97. The number of nitrogens with one attached hydrogen (secondary N) is 2. The first-order valence-corrected chi connectivity index (χ1v) is 7.95. The van der Waals surface area contributed by atoms with E-state index in [4.69, 9.17) is 5.11 Å². The summed E-state index contributed by atoms with van der Waals surface area (Å²) < 4.78 is 0. The fourth-order valence-corrected chi connectivity index (χ4v) is 2.00. The highest BCUT2D eigenvalue weighted by Crippen LogP contribution is 2.16. The second kappa shape index (κ2) is 8.11. The van der Waals surface area contributed by atoms with Crippen molar-refractivity contribution < 1.29 is 14.7 Å². The normalized spacial score (nSPS) is 12.8. The number of aliphatic hydroxyl groups excluding tert-OH is 1. The minimum Gasteiger partial charge on any atom is -0.392 e. The van der Waals surface area contributed by atoms with Crippen LogP contribution in [0, 0.1) is 11.3 Å². The van der Waals surface area contributed by atoms with Crippen molar-refractivity contribution >= 4 is 17.5 Å². The van der Waals surface area contributed by atoms with Crippen molar-refractivity contribution in [2.75, 3.05) is 5.32 Å². The van der Waals surface area contributed by atoms with Gasteiger partial charge in [0, 0.05) is 11.1 Å². The first-order valence-electron chi connectivity index (χ1n) is 7.95. The third-order valence-electron chi connectivity index (χ3n) is 3.41. The zero-order valence-corrected chi connectivity index (χ0v) is 14.6. The van der Waals surface area contributed by atoms with Crippen LogP contribution in [-0.2, 0) is 16.2 Å². The number of rotatable bonds is 6. The van der Waals surface area contributed by atoms with Gasteiger partial charge in [0.05, 0.1) is 6.61 Å². The Labute approximate surface area is 138 Å². The van der Waals surface area contributed by atoms with Gasteiger partial charge in [-0.2, -0.15) is 0 Å². The molecule has 3 N–H and O–H groups in total. The summed E-state index contributed by atoms with van der Waals surface area (Å²) in [5.41, 5.74) is 0.881. The third kappa shape index (κ3) is 6.40. The monoisotopic (exact) mass is 320 g/mol. The van der Waals surface area contributed by atoms with Crippen molar-refractivity contribution in [3.63, 3.8) is 0 Å². The number of benzene rings is 1. The highest BCUT2D eigenvalue weighted by Gasteiger charge is 2.28. The average Bonchev–Trinajstić information content (AvgIpc) is 2.45. The lowest BCUT2D eigenvalue weighted by atomic mass is 9.94. The predicted octanol–water partition coefficient (Wildman–Crippen LogP) is 2.69. The van der Waals surface area contributed by atoms with Crippen LogP contribution in [0.4, 0.5) is 5.69 Å². The van der Waals surface area contributed by atoms with Crippen LogP contribution in [0.2, 0.25) is 0 Å². The Bertz CT molecular complexity index is 530. The van der Waals surface area contributed by atoms with E-state index < -0.39 is 11.5 Å².